The number of aromatic nitrogens is 1. The second kappa shape index (κ2) is 6.26. The molecule has 1 amide bonds. The number of carbonyl (C=O) groups is 1. The van der Waals surface area contributed by atoms with Gasteiger partial charge in [0.25, 0.3) is 0 Å². The molecule has 1 saturated heterocycles. The third-order valence-electron chi connectivity index (χ3n) is 2.89. The first-order valence-electron chi connectivity index (χ1n) is 6.00. The van der Waals surface area contributed by atoms with E-state index in [1.807, 2.05) is 13.0 Å². The Labute approximate surface area is 115 Å². The predicted molar refractivity (Wildman–Crippen MR) is 74.6 cm³/mol. The number of nitrogens with zero attached hydrogens (tertiary/aromatic N) is 2. The van der Waals surface area contributed by atoms with Gasteiger partial charge in [-0.1, -0.05) is 0 Å². The van der Waals surface area contributed by atoms with Gasteiger partial charge in [0.15, 0.2) is 0 Å². The lowest BCUT2D eigenvalue weighted by molar-refractivity contribution is -0.117. The van der Waals surface area contributed by atoms with Crippen molar-refractivity contribution in [1.29, 1.82) is 0 Å². The third-order valence-corrected chi connectivity index (χ3v) is 3.72. The molecule has 0 aliphatic carbocycles. The van der Waals surface area contributed by atoms with Gasteiger partial charge in [-0.2, -0.15) is 0 Å². The molecule has 2 rings (SSSR count). The van der Waals surface area contributed by atoms with Crippen molar-refractivity contribution >= 4 is 27.7 Å². The lowest BCUT2D eigenvalue weighted by Gasteiger charge is -2.26. The maximum Gasteiger partial charge on any atom is 0.239 e. The highest BCUT2D eigenvalue weighted by molar-refractivity contribution is 9.10. The Morgan fingerprint density at radius 1 is 1.56 bits per heavy atom. The molecule has 0 spiro atoms. The molecule has 6 heteroatoms. The maximum atomic E-state index is 11.9. The number of hydrogen-bond donors (Lipinski definition) is 2. The van der Waals surface area contributed by atoms with Crippen LogP contribution in [0.2, 0.25) is 0 Å². The van der Waals surface area contributed by atoms with Gasteiger partial charge in [0.05, 0.1) is 6.54 Å². The standard InChI is InChI=1S/C12H17BrN4O/c1-9-6-11(15-7-10(9)13)16-12(18)8-17-4-2-14-3-5-17/h6-7,14H,2-5,8H2,1H3,(H,15,16,18). The van der Waals surface area contributed by atoms with E-state index in [2.05, 4.69) is 36.4 Å². The maximum absolute atomic E-state index is 11.9. The molecule has 1 aromatic rings. The van der Waals surface area contributed by atoms with Crippen LogP contribution in [0.1, 0.15) is 5.56 Å². The summed E-state index contributed by atoms with van der Waals surface area (Å²) in [4.78, 5) is 18.2. The molecule has 1 aromatic heterocycles. The van der Waals surface area contributed by atoms with E-state index in [0.717, 1.165) is 36.2 Å². The minimum absolute atomic E-state index is 0.00822. The highest BCUT2D eigenvalue weighted by atomic mass is 79.9. The summed E-state index contributed by atoms with van der Waals surface area (Å²) in [5.74, 6) is 0.599. The van der Waals surface area contributed by atoms with Crippen LogP contribution in [0.15, 0.2) is 16.7 Å². The summed E-state index contributed by atoms with van der Waals surface area (Å²) >= 11 is 3.38. The molecule has 2 heterocycles. The number of pyridine rings is 1. The number of rotatable bonds is 3. The number of carbonyl (C=O) groups excluding carboxylic acids is 1. The molecule has 98 valence electrons. The van der Waals surface area contributed by atoms with Crippen LogP contribution in [-0.4, -0.2) is 48.5 Å². The number of nitrogens with one attached hydrogen (secondary N) is 2. The normalized spacial score (nSPS) is 16.6. The SMILES string of the molecule is Cc1cc(NC(=O)CN2CCNCC2)ncc1Br. The molecular formula is C12H17BrN4O. The Bertz CT molecular complexity index is 432. The third kappa shape index (κ3) is 3.76. The second-order valence-electron chi connectivity index (χ2n) is 4.39. The first-order valence-corrected chi connectivity index (χ1v) is 6.79. The average molecular weight is 313 g/mol. The molecule has 1 fully saturated rings. The largest absolute Gasteiger partial charge is 0.314 e. The summed E-state index contributed by atoms with van der Waals surface area (Å²) in [6.07, 6.45) is 1.70. The average Bonchev–Trinajstić information content (AvgIpc) is 2.35. The zero-order chi connectivity index (χ0) is 13.0. The van der Waals surface area contributed by atoms with E-state index >= 15 is 0 Å². The Kier molecular flexibility index (Phi) is 4.68. The van der Waals surface area contributed by atoms with Gasteiger partial charge in [0, 0.05) is 36.8 Å². The van der Waals surface area contributed by atoms with Crippen molar-refractivity contribution in [2.45, 2.75) is 6.92 Å². The summed E-state index contributed by atoms with van der Waals surface area (Å²) in [5.41, 5.74) is 1.06. The van der Waals surface area contributed by atoms with Crippen LogP contribution in [0.4, 0.5) is 5.82 Å². The van der Waals surface area contributed by atoms with Gasteiger partial charge in [-0.05, 0) is 34.5 Å². The molecule has 0 unspecified atom stereocenters. The van der Waals surface area contributed by atoms with Crippen LogP contribution in [0.3, 0.4) is 0 Å². The quantitative estimate of drug-likeness (QED) is 0.874. The van der Waals surface area contributed by atoms with E-state index in [4.69, 9.17) is 0 Å². The molecule has 1 aliphatic rings. The lowest BCUT2D eigenvalue weighted by atomic mass is 10.3. The van der Waals surface area contributed by atoms with Gasteiger partial charge in [-0.3, -0.25) is 9.69 Å². The monoisotopic (exact) mass is 312 g/mol. The molecule has 2 N–H and O–H groups in total. The smallest absolute Gasteiger partial charge is 0.239 e. The number of anilines is 1. The fourth-order valence-electron chi connectivity index (χ4n) is 1.86. The molecule has 1 aliphatic heterocycles. The molecule has 0 aromatic carbocycles. The summed E-state index contributed by atoms with van der Waals surface area (Å²) in [5, 5.41) is 6.08. The first kappa shape index (κ1) is 13.5. The van der Waals surface area contributed by atoms with Crippen LogP contribution < -0.4 is 10.6 Å². The summed E-state index contributed by atoms with van der Waals surface area (Å²) in [6.45, 7) is 6.13. The van der Waals surface area contributed by atoms with Crippen LogP contribution in [0, 0.1) is 6.92 Å². The van der Waals surface area contributed by atoms with E-state index < -0.39 is 0 Å². The number of hydrogen-bond acceptors (Lipinski definition) is 4. The van der Waals surface area contributed by atoms with Gasteiger partial charge < -0.3 is 10.6 Å². The molecule has 0 bridgehead atoms. The number of aryl methyl sites for hydroxylation is 1. The van der Waals surface area contributed by atoms with Gasteiger partial charge in [0.1, 0.15) is 5.82 Å². The van der Waals surface area contributed by atoms with E-state index in [1.165, 1.54) is 0 Å². The number of piperazine rings is 1. The van der Waals surface area contributed by atoms with Crippen molar-refractivity contribution in [3.8, 4) is 0 Å². The number of amides is 1. The van der Waals surface area contributed by atoms with Crippen molar-refractivity contribution in [3.63, 3.8) is 0 Å². The van der Waals surface area contributed by atoms with Gasteiger partial charge >= 0.3 is 0 Å². The van der Waals surface area contributed by atoms with Crippen molar-refractivity contribution in [1.82, 2.24) is 15.2 Å². The summed E-state index contributed by atoms with van der Waals surface area (Å²) < 4.78 is 0.947. The molecule has 0 atom stereocenters. The zero-order valence-corrected chi connectivity index (χ0v) is 12.0. The first-order chi connectivity index (χ1) is 8.65. The zero-order valence-electron chi connectivity index (χ0n) is 10.4. The Morgan fingerprint density at radius 3 is 2.94 bits per heavy atom. The van der Waals surface area contributed by atoms with E-state index in [1.54, 1.807) is 6.20 Å². The van der Waals surface area contributed by atoms with Crippen molar-refractivity contribution in [3.05, 3.63) is 22.3 Å². The Morgan fingerprint density at radius 2 is 2.28 bits per heavy atom. The Hall–Kier alpha value is -0.980. The van der Waals surface area contributed by atoms with Gasteiger partial charge in [-0.15, -0.1) is 0 Å². The predicted octanol–water partition coefficient (Wildman–Crippen LogP) is 0.996. The summed E-state index contributed by atoms with van der Waals surface area (Å²) in [6, 6.07) is 1.86. The second-order valence-corrected chi connectivity index (χ2v) is 5.25. The van der Waals surface area contributed by atoms with Crippen molar-refractivity contribution in [2.24, 2.45) is 0 Å². The minimum Gasteiger partial charge on any atom is -0.314 e. The summed E-state index contributed by atoms with van der Waals surface area (Å²) in [7, 11) is 0. The van der Waals surface area contributed by atoms with E-state index in [9.17, 15) is 4.79 Å². The van der Waals surface area contributed by atoms with E-state index in [0.29, 0.717) is 12.4 Å². The highest BCUT2D eigenvalue weighted by Gasteiger charge is 2.13. The fraction of sp³-hybridized carbons (Fsp3) is 0.500. The minimum atomic E-state index is -0.00822. The van der Waals surface area contributed by atoms with Crippen LogP contribution in [0.5, 0.6) is 0 Å². The Balaban J connectivity index is 1.88. The lowest BCUT2D eigenvalue weighted by Crippen LogP contribution is -2.46. The number of halogens is 1. The van der Waals surface area contributed by atoms with Crippen LogP contribution in [0.25, 0.3) is 0 Å². The molecule has 0 radical (unpaired) electrons. The molecule has 18 heavy (non-hydrogen) atoms. The molecular weight excluding hydrogens is 296 g/mol. The van der Waals surface area contributed by atoms with Gasteiger partial charge in [-0.25, -0.2) is 4.98 Å². The van der Waals surface area contributed by atoms with Crippen molar-refractivity contribution in [2.75, 3.05) is 38.0 Å². The molecule has 0 saturated carbocycles. The topological polar surface area (TPSA) is 57.3 Å². The van der Waals surface area contributed by atoms with E-state index in [-0.39, 0.29) is 5.91 Å². The highest BCUT2D eigenvalue weighted by Crippen LogP contribution is 2.17. The van der Waals surface area contributed by atoms with Crippen molar-refractivity contribution < 1.29 is 4.79 Å². The molecule has 5 nitrogen and oxygen atoms in total. The fourth-order valence-corrected chi connectivity index (χ4v) is 2.08. The van der Waals surface area contributed by atoms with Crippen LogP contribution in [-0.2, 0) is 4.79 Å². The van der Waals surface area contributed by atoms with Crippen LogP contribution >= 0.6 is 15.9 Å². The van der Waals surface area contributed by atoms with Gasteiger partial charge in [0.2, 0.25) is 5.91 Å².